The van der Waals surface area contributed by atoms with E-state index in [0.29, 0.717) is 30.6 Å². The van der Waals surface area contributed by atoms with Gasteiger partial charge in [0.15, 0.2) is 0 Å². The van der Waals surface area contributed by atoms with Crippen molar-refractivity contribution >= 4 is 5.91 Å². The number of fused-ring (bicyclic) bond motifs is 1. The molecular weight excluding hydrogens is 318 g/mol. The van der Waals surface area contributed by atoms with Crippen molar-refractivity contribution in [1.29, 1.82) is 0 Å². The van der Waals surface area contributed by atoms with Crippen LogP contribution in [0.25, 0.3) is 11.4 Å². The van der Waals surface area contributed by atoms with Crippen molar-refractivity contribution in [3.8, 4) is 11.4 Å². The topological polar surface area (TPSA) is 75.4 Å². The number of hydrogen-bond donors (Lipinski definition) is 0. The van der Waals surface area contributed by atoms with Gasteiger partial charge in [-0.1, -0.05) is 11.6 Å². The Labute approximate surface area is 147 Å². The zero-order valence-electron chi connectivity index (χ0n) is 14.3. The number of carbonyl (C=O) groups excluding carboxylic acids is 1. The van der Waals surface area contributed by atoms with Crippen LogP contribution in [0.3, 0.4) is 0 Å². The molecule has 0 bridgehead atoms. The Morgan fingerprint density at radius 1 is 1.28 bits per heavy atom. The summed E-state index contributed by atoms with van der Waals surface area (Å²) in [5.41, 5.74) is 0.817. The fraction of sp³-hybridized carbons (Fsp3) is 0.556. The quantitative estimate of drug-likeness (QED) is 0.843. The monoisotopic (exact) mass is 341 g/mol. The summed E-state index contributed by atoms with van der Waals surface area (Å²) in [5.74, 6) is 1.21. The maximum absolute atomic E-state index is 12.5. The standard InChI is InChI=1S/C18H23N5O2/c24-17(23-11-10-22-9-2-1-5-15(22)13-23)7-6-16-20-18(21-25-16)14-4-3-8-19-12-14/h3-4,8,12,15H,1-2,5-7,9-11,13H2/t15-/m1/s1. The van der Waals surface area contributed by atoms with Gasteiger partial charge in [-0.25, -0.2) is 0 Å². The molecule has 4 rings (SSSR count). The Balaban J connectivity index is 1.31. The Kier molecular flexibility index (Phi) is 4.74. The van der Waals surface area contributed by atoms with Crippen LogP contribution in [0.4, 0.5) is 0 Å². The zero-order valence-corrected chi connectivity index (χ0v) is 14.3. The lowest BCUT2D eigenvalue weighted by molar-refractivity contribution is -0.134. The van der Waals surface area contributed by atoms with Crippen LogP contribution in [-0.2, 0) is 11.2 Å². The average molecular weight is 341 g/mol. The van der Waals surface area contributed by atoms with E-state index in [1.165, 1.54) is 25.8 Å². The molecule has 2 aromatic rings. The molecular formula is C18H23N5O2. The van der Waals surface area contributed by atoms with Crippen molar-refractivity contribution in [2.45, 2.75) is 38.1 Å². The molecule has 4 heterocycles. The molecule has 0 aliphatic carbocycles. The van der Waals surface area contributed by atoms with Gasteiger partial charge in [-0.15, -0.1) is 0 Å². The van der Waals surface area contributed by atoms with E-state index < -0.39 is 0 Å². The van der Waals surface area contributed by atoms with Gasteiger partial charge in [0.2, 0.25) is 17.6 Å². The first-order valence-corrected chi connectivity index (χ1v) is 9.04. The lowest BCUT2D eigenvalue weighted by Crippen LogP contribution is -2.56. The van der Waals surface area contributed by atoms with Crippen LogP contribution >= 0.6 is 0 Å². The minimum Gasteiger partial charge on any atom is -0.340 e. The fourth-order valence-corrected chi connectivity index (χ4v) is 3.72. The largest absolute Gasteiger partial charge is 0.340 e. The molecule has 0 aromatic carbocycles. The average Bonchev–Trinajstić information content (AvgIpc) is 3.15. The third-order valence-corrected chi connectivity index (χ3v) is 5.13. The van der Waals surface area contributed by atoms with Gasteiger partial charge in [-0.05, 0) is 31.5 Å². The Morgan fingerprint density at radius 2 is 2.24 bits per heavy atom. The number of amides is 1. The van der Waals surface area contributed by atoms with Gasteiger partial charge in [0, 0.05) is 56.5 Å². The van der Waals surface area contributed by atoms with Crippen LogP contribution in [0.2, 0.25) is 0 Å². The molecule has 0 N–H and O–H groups in total. The van der Waals surface area contributed by atoms with Crippen molar-refractivity contribution in [3.05, 3.63) is 30.4 Å². The van der Waals surface area contributed by atoms with Crippen molar-refractivity contribution < 1.29 is 9.32 Å². The van der Waals surface area contributed by atoms with E-state index in [2.05, 4.69) is 20.0 Å². The van der Waals surface area contributed by atoms with Crippen LogP contribution in [0.1, 0.15) is 31.6 Å². The lowest BCUT2D eigenvalue weighted by Gasteiger charge is -2.44. The van der Waals surface area contributed by atoms with Gasteiger partial charge < -0.3 is 9.42 Å². The van der Waals surface area contributed by atoms with E-state index in [9.17, 15) is 4.79 Å². The first-order valence-electron chi connectivity index (χ1n) is 9.04. The SMILES string of the molecule is O=C(CCc1nc(-c2cccnc2)no1)N1CCN2CCCC[C@@H]2C1. The second-order valence-electron chi connectivity index (χ2n) is 6.78. The third-order valence-electron chi connectivity index (χ3n) is 5.13. The Hall–Kier alpha value is -2.28. The summed E-state index contributed by atoms with van der Waals surface area (Å²) in [7, 11) is 0. The molecule has 1 atom stereocenters. The number of rotatable bonds is 4. The molecule has 7 nitrogen and oxygen atoms in total. The highest BCUT2D eigenvalue weighted by Gasteiger charge is 2.30. The second kappa shape index (κ2) is 7.31. The first kappa shape index (κ1) is 16.2. The van der Waals surface area contributed by atoms with E-state index in [1.54, 1.807) is 12.4 Å². The number of aryl methyl sites for hydroxylation is 1. The van der Waals surface area contributed by atoms with Crippen molar-refractivity contribution in [2.75, 3.05) is 26.2 Å². The number of hydrogen-bond acceptors (Lipinski definition) is 6. The maximum atomic E-state index is 12.5. The van der Waals surface area contributed by atoms with Crippen LogP contribution in [0, 0.1) is 0 Å². The zero-order chi connectivity index (χ0) is 17.1. The van der Waals surface area contributed by atoms with Crippen LogP contribution in [-0.4, -0.2) is 63.1 Å². The van der Waals surface area contributed by atoms with E-state index >= 15 is 0 Å². The van der Waals surface area contributed by atoms with Crippen LogP contribution < -0.4 is 0 Å². The summed E-state index contributed by atoms with van der Waals surface area (Å²) in [4.78, 5) is 25.5. The predicted octanol–water partition coefficient (Wildman–Crippen LogP) is 1.76. The molecule has 1 amide bonds. The summed E-state index contributed by atoms with van der Waals surface area (Å²) in [6.45, 7) is 3.89. The summed E-state index contributed by atoms with van der Waals surface area (Å²) in [5, 5.41) is 3.97. The number of piperazine rings is 1. The molecule has 0 spiro atoms. The molecule has 0 saturated carbocycles. The minimum absolute atomic E-state index is 0.186. The molecule has 25 heavy (non-hydrogen) atoms. The number of pyridine rings is 1. The highest BCUT2D eigenvalue weighted by Crippen LogP contribution is 2.22. The molecule has 2 fully saturated rings. The van der Waals surface area contributed by atoms with Crippen LogP contribution in [0.5, 0.6) is 0 Å². The molecule has 132 valence electrons. The third kappa shape index (κ3) is 3.71. The van der Waals surface area contributed by atoms with E-state index in [4.69, 9.17) is 4.52 Å². The van der Waals surface area contributed by atoms with E-state index in [0.717, 1.165) is 25.2 Å². The molecule has 0 unspecified atom stereocenters. The lowest BCUT2D eigenvalue weighted by atomic mass is 9.99. The Bertz CT molecular complexity index is 717. The number of nitrogens with zero attached hydrogens (tertiary/aromatic N) is 5. The predicted molar refractivity (Wildman–Crippen MR) is 91.6 cm³/mol. The smallest absolute Gasteiger partial charge is 0.227 e. The van der Waals surface area contributed by atoms with Crippen LogP contribution in [0.15, 0.2) is 29.0 Å². The number of aromatic nitrogens is 3. The molecule has 2 aliphatic heterocycles. The second-order valence-corrected chi connectivity index (χ2v) is 6.78. The summed E-state index contributed by atoms with van der Waals surface area (Å²) >= 11 is 0. The van der Waals surface area contributed by atoms with Gasteiger partial charge >= 0.3 is 0 Å². The first-order chi connectivity index (χ1) is 12.3. The molecule has 2 aliphatic rings. The Morgan fingerprint density at radius 3 is 3.12 bits per heavy atom. The van der Waals surface area contributed by atoms with Crippen molar-refractivity contribution in [2.24, 2.45) is 0 Å². The van der Waals surface area contributed by atoms with Crippen molar-refractivity contribution in [1.82, 2.24) is 24.9 Å². The van der Waals surface area contributed by atoms with Gasteiger partial charge in [0.25, 0.3) is 0 Å². The minimum atomic E-state index is 0.186. The summed E-state index contributed by atoms with van der Waals surface area (Å²) < 4.78 is 5.27. The fourth-order valence-electron chi connectivity index (χ4n) is 3.72. The molecule has 2 aromatic heterocycles. The van der Waals surface area contributed by atoms with Gasteiger partial charge in [0.05, 0.1) is 0 Å². The van der Waals surface area contributed by atoms with Gasteiger partial charge in [0.1, 0.15) is 0 Å². The molecule has 7 heteroatoms. The molecule has 2 saturated heterocycles. The maximum Gasteiger partial charge on any atom is 0.227 e. The number of carbonyl (C=O) groups is 1. The van der Waals surface area contributed by atoms with Gasteiger partial charge in [-0.3, -0.25) is 14.7 Å². The summed E-state index contributed by atoms with van der Waals surface area (Å²) in [6, 6.07) is 4.27. The van der Waals surface area contributed by atoms with Gasteiger partial charge in [-0.2, -0.15) is 4.98 Å². The highest BCUT2D eigenvalue weighted by molar-refractivity contribution is 5.76. The molecule has 0 radical (unpaired) electrons. The summed E-state index contributed by atoms with van der Waals surface area (Å²) in [6.07, 6.45) is 8.09. The number of piperidine rings is 1. The normalized spacial score (nSPS) is 21.1. The highest BCUT2D eigenvalue weighted by atomic mass is 16.5. The van der Waals surface area contributed by atoms with E-state index in [1.807, 2.05) is 17.0 Å². The van der Waals surface area contributed by atoms with E-state index in [-0.39, 0.29) is 5.91 Å². The van der Waals surface area contributed by atoms with Crippen molar-refractivity contribution in [3.63, 3.8) is 0 Å².